The zero-order valence-corrected chi connectivity index (χ0v) is 9.78. The summed E-state index contributed by atoms with van der Waals surface area (Å²) in [5, 5.41) is 0.651. The first-order valence-electron chi connectivity index (χ1n) is 5.45. The van der Waals surface area contributed by atoms with Crippen LogP contribution in [0.3, 0.4) is 0 Å². The fraction of sp³-hybridized carbons (Fsp3) is 0.417. The molecular formula is C12H15ClN2O. The molecule has 3 nitrogen and oxygen atoms in total. The van der Waals surface area contributed by atoms with E-state index in [1.807, 2.05) is 4.90 Å². The molecule has 1 aromatic rings. The van der Waals surface area contributed by atoms with Gasteiger partial charge in [0.25, 0.3) is 5.91 Å². The van der Waals surface area contributed by atoms with Crippen molar-refractivity contribution < 1.29 is 4.79 Å². The molecule has 0 spiro atoms. The zero-order chi connectivity index (χ0) is 11.5. The Kier molecular flexibility index (Phi) is 3.46. The molecule has 1 atom stereocenters. The normalized spacial score (nSPS) is 20.1. The summed E-state index contributed by atoms with van der Waals surface area (Å²) in [6.45, 7) is 2.24. The number of hydrogen-bond donors (Lipinski definition) is 1. The van der Waals surface area contributed by atoms with Crippen molar-refractivity contribution in [3.8, 4) is 0 Å². The number of rotatable bonds is 2. The minimum absolute atomic E-state index is 0.0765. The van der Waals surface area contributed by atoms with Crippen molar-refractivity contribution in [3.05, 3.63) is 34.9 Å². The van der Waals surface area contributed by atoms with Gasteiger partial charge in [-0.2, -0.15) is 0 Å². The highest BCUT2D eigenvalue weighted by molar-refractivity contribution is 6.30. The average molecular weight is 239 g/mol. The van der Waals surface area contributed by atoms with E-state index in [1.54, 1.807) is 24.3 Å². The molecule has 2 rings (SSSR count). The van der Waals surface area contributed by atoms with Gasteiger partial charge in [-0.25, -0.2) is 0 Å². The second kappa shape index (κ2) is 4.85. The number of likely N-dealkylation sites (tertiary alicyclic amines) is 1. The number of halogens is 1. The fourth-order valence-corrected chi connectivity index (χ4v) is 2.11. The van der Waals surface area contributed by atoms with Crippen LogP contribution < -0.4 is 5.73 Å². The third-order valence-electron chi connectivity index (χ3n) is 3.00. The molecule has 1 amide bonds. The Bertz CT molecular complexity index is 377. The van der Waals surface area contributed by atoms with Crippen molar-refractivity contribution in [3.63, 3.8) is 0 Å². The largest absolute Gasteiger partial charge is 0.338 e. The van der Waals surface area contributed by atoms with Gasteiger partial charge >= 0.3 is 0 Å². The van der Waals surface area contributed by atoms with E-state index in [0.717, 1.165) is 19.5 Å². The molecule has 0 aliphatic carbocycles. The second-order valence-electron chi connectivity index (χ2n) is 4.15. The van der Waals surface area contributed by atoms with Crippen LogP contribution in [0.4, 0.5) is 0 Å². The summed E-state index contributed by atoms with van der Waals surface area (Å²) in [5.41, 5.74) is 6.30. The molecular weight excluding hydrogens is 224 g/mol. The third kappa shape index (κ3) is 2.36. The Hall–Kier alpha value is -1.06. The Labute approximate surface area is 100 Å². The molecule has 2 N–H and O–H groups in total. The van der Waals surface area contributed by atoms with Crippen LogP contribution in [0.2, 0.25) is 5.02 Å². The molecule has 1 aliphatic rings. The van der Waals surface area contributed by atoms with Crippen molar-refractivity contribution in [1.82, 2.24) is 4.90 Å². The van der Waals surface area contributed by atoms with Crippen molar-refractivity contribution in [1.29, 1.82) is 0 Å². The van der Waals surface area contributed by atoms with Crippen molar-refractivity contribution >= 4 is 17.5 Å². The molecule has 1 saturated heterocycles. The lowest BCUT2D eigenvalue weighted by molar-refractivity contribution is 0.0787. The Morgan fingerprint density at radius 1 is 1.44 bits per heavy atom. The van der Waals surface area contributed by atoms with E-state index in [9.17, 15) is 4.79 Å². The van der Waals surface area contributed by atoms with Gasteiger partial charge in [-0.3, -0.25) is 4.79 Å². The lowest BCUT2D eigenvalue weighted by Gasteiger charge is -2.16. The van der Waals surface area contributed by atoms with Gasteiger partial charge in [0.2, 0.25) is 0 Å². The van der Waals surface area contributed by atoms with E-state index in [0.29, 0.717) is 23.0 Å². The summed E-state index contributed by atoms with van der Waals surface area (Å²) >= 11 is 5.78. The van der Waals surface area contributed by atoms with Crippen LogP contribution in [0.5, 0.6) is 0 Å². The first-order chi connectivity index (χ1) is 7.70. The van der Waals surface area contributed by atoms with Gasteiger partial charge in [0.15, 0.2) is 0 Å². The van der Waals surface area contributed by atoms with Crippen molar-refractivity contribution in [2.45, 2.75) is 6.42 Å². The van der Waals surface area contributed by atoms with Crippen LogP contribution in [0.25, 0.3) is 0 Å². The molecule has 1 aromatic carbocycles. The first kappa shape index (κ1) is 11.4. The third-order valence-corrected chi connectivity index (χ3v) is 3.25. The van der Waals surface area contributed by atoms with E-state index >= 15 is 0 Å². The maximum Gasteiger partial charge on any atom is 0.253 e. The maximum atomic E-state index is 12.1. The molecule has 0 radical (unpaired) electrons. The van der Waals surface area contributed by atoms with Gasteiger partial charge in [0.05, 0.1) is 0 Å². The number of benzene rings is 1. The Morgan fingerprint density at radius 3 is 2.69 bits per heavy atom. The Morgan fingerprint density at radius 2 is 2.12 bits per heavy atom. The minimum Gasteiger partial charge on any atom is -0.338 e. The Balaban J connectivity index is 2.05. The van der Waals surface area contributed by atoms with Crippen molar-refractivity contribution in [2.75, 3.05) is 19.6 Å². The van der Waals surface area contributed by atoms with Crippen LogP contribution in [0, 0.1) is 5.92 Å². The van der Waals surface area contributed by atoms with E-state index in [4.69, 9.17) is 17.3 Å². The zero-order valence-electron chi connectivity index (χ0n) is 9.03. The van der Waals surface area contributed by atoms with Crippen LogP contribution >= 0.6 is 11.6 Å². The van der Waals surface area contributed by atoms with Crippen molar-refractivity contribution in [2.24, 2.45) is 11.7 Å². The number of amides is 1. The topological polar surface area (TPSA) is 46.3 Å². The quantitative estimate of drug-likeness (QED) is 0.854. The van der Waals surface area contributed by atoms with E-state index < -0.39 is 0 Å². The van der Waals surface area contributed by atoms with Gasteiger partial charge in [-0.05, 0) is 43.1 Å². The first-order valence-corrected chi connectivity index (χ1v) is 5.83. The number of nitrogens with zero attached hydrogens (tertiary/aromatic N) is 1. The van der Waals surface area contributed by atoms with E-state index in [-0.39, 0.29) is 5.91 Å². The molecule has 1 fully saturated rings. The highest BCUT2D eigenvalue weighted by Crippen LogP contribution is 2.18. The van der Waals surface area contributed by atoms with Gasteiger partial charge < -0.3 is 10.6 Å². The predicted molar refractivity (Wildman–Crippen MR) is 64.5 cm³/mol. The monoisotopic (exact) mass is 238 g/mol. The number of hydrogen-bond acceptors (Lipinski definition) is 2. The summed E-state index contributed by atoms with van der Waals surface area (Å²) < 4.78 is 0. The SMILES string of the molecule is NCC1CCN(C(=O)c2ccc(Cl)cc2)C1. The summed E-state index contributed by atoms with van der Waals surface area (Å²) in [6, 6.07) is 7.01. The number of carbonyl (C=O) groups excluding carboxylic acids is 1. The number of carbonyl (C=O) groups is 1. The van der Waals surface area contributed by atoms with Crippen LogP contribution in [-0.4, -0.2) is 30.4 Å². The molecule has 1 unspecified atom stereocenters. The van der Waals surface area contributed by atoms with E-state index in [1.165, 1.54) is 0 Å². The predicted octanol–water partition coefficient (Wildman–Crippen LogP) is 1.76. The number of nitrogens with two attached hydrogens (primary N) is 1. The molecule has 0 aromatic heterocycles. The smallest absolute Gasteiger partial charge is 0.253 e. The van der Waals surface area contributed by atoms with Crippen LogP contribution in [0.1, 0.15) is 16.8 Å². The minimum atomic E-state index is 0.0765. The van der Waals surface area contributed by atoms with Gasteiger partial charge in [-0.15, -0.1) is 0 Å². The highest BCUT2D eigenvalue weighted by Gasteiger charge is 2.25. The maximum absolute atomic E-state index is 12.1. The average Bonchev–Trinajstić information content (AvgIpc) is 2.77. The van der Waals surface area contributed by atoms with Gasteiger partial charge in [0.1, 0.15) is 0 Å². The molecule has 16 heavy (non-hydrogen) atoms. The summed E-state index contributed by atoms with van der Waals surface area (Å²) in [6.07, 6.45) is 1.01. The van der Waals surface area contributed by atoms with Gasteiger partial charge in [0, 0.05) is 23.7 Å². The molecule has 0 bridgehead atoms. The van der Waals surface area contributed by atoms with Crippen LogP contribution in [0.15, 0.2) is 24.3 Å². The standard InChI is InChI=1S/C12H15ClN2O/c13-11-3-1-10(2-4-11)12(16)15-6-5-9(7-14)8-15/h1-4,9H,5-8,14H2. The highest BCUT2D eigenvalue weighted by atomic mass is 35.5. The lowest BCUT2D eigenvalue weighted by Crippen LogP contribution is -2.29. The molecule has 4 heteroatoms. The van der Waals surface area contributed by atoms with Crippen LogP contribution in [-0.2, 0) is 0 Å². The molecule has 0 saturated carbocycles. The molecule has 1 aliphatic heterocycles. The second-order valence-corrected chi connectivity index (χ2v) is 4.58. The molecule has 86 valence electrons. The van der Waals surface area contributed by atoms with E-state index in [2.05, 4.69) is 0 Å². The summed E-state index contributed by atoms with van der Waals surface area (Å²) in [4.78, 5) is 13.9. The fourth-order valence-electron chi connectivity index (χ4n) is 1.98. The van der Waals surface area contributed by atoms with Gasteiger partial charge in [-0.1, -0.05) is 11.6 Å². The summed E-state index contributed by atoms with van der Waals surface area (Å²) in [5.74, 6) is 0.531. The lowest BCUT2D eigenvalue weighted by atomic mass is 10.1. The molecule has 1 heterocycles. The summed E-state index contributed by atoms with van der Waals surface area (Å²) in [7, 11) is 0.